The Balaban J connectivity index is 1.38. The summed E-state index contributed by atoms with van der Waals surface area (Å²) in [6.07, 6.45) is 5.15. The highest BCUT2D eigenvalue weighted by Gasteiger charge is 2.44. The average Bonchev–Trinajstić information content (AvgIpc) is 3.57. The maximum Gasteiger partial charge on any atom is 0.435 e. The molecule has 11 heteroatoms. The zero-order valence-electron chi connectivity index (χ0n) is 22.9. The zero-order valence-corrected chi connectivity index (χ0v) is 22.9. The number of carbonyl (C=O) groups is 1. The Morgan fingerprint density at radius 3 is 2.44 bits per heavy atom. The summed E-state index contributed by atoms with van der Waals surface area (Å²) in [7, 11) is 3.27. The molecule has 3 aliphatic carbocycles. The first kappa shape index (κ1) is 28.0. The largest absolute Gasteiger partial charge is 0.435 e. The second-order valence-corrected chi connectivity index (χ2v) is 12.4. The summed E-state index contributed by atoms with van der Waals surface area (Å²) in [4.78, 5) is 13.8. The molecule has 39 heavy (non-hydrogen) atoms. The highest BCUT2D eigenvalue weighted by molar-refractivity contribution is 5.79. The third-order valence-electron chi connectivity index (χ3n) is 9.32. The van der Waals surface area contributed by atoms with Gasteiger partial charge in [-0.25, -0.2) is 4.39 Å². The molecule has 0 radical (unpaired) electrons. The molecular weight excluding hydrogens is 512 g/mol. The molecule has 0 saturated heterocycles. The van der Waals surface area contributed by atoms with Crippen LogP contribution >= 0.6 is 0 Å². The second-order valence-electron chi connectivity index (χ2n) is 12.4. The number of nitrogens with zero attached hydrogens (tertiary/aromatic N) is 4. The van der Waals surface area contributed by atoms with E-state index >= 15 is 0 Å². The summed E-state index contributed by atoms with van der Waals surface area (Å²) in [6.45, 7) is 2.40. The predicted octanol–water partition coefficient (Wildman–Crippen LogP) is 4.93. The van der Waals surface area contributed by atoms with Crippen LogP contribution < -0.4 is 10.9 Å². The fourth-order valence-electron chi connectivity index (χ4n) is 7.11. The van der Waals surface area contributed by atoms with Crippen LogP contribution in [0.5, 0.6) is 0 Å². The molecule has 2 aromatic heterocycles. The van der Waals surface area contributed by atoms with E-state index in [2.05, 4.69) is 10.4 Å². The molecule has 6 unspecified atom stereocenters. The number of carbonyl (C=O) groups excluding carboxylic acids is 1. The number of hydrogen-bond donors (Lipinski definition) is 2. The molecule has 3 fully saturated rings. The number of amides is 1. The van der Waals surface area contributed by atoms with Crippen LogP contribution in [-0.4, -0.2) is 37.0 Å². The van der Waals surface area contributed by atoms with E-state index in [4.69, 9.17) is 5.41 Å². The quantitative estimate of drug-likeness (QED) is 0.478. The van der Waals surface area contributed by atoms with Crippen LogP contribution in [0.3, 0.4) is 0 Å². The van der Waals surface area contributed by atoms with E-state index in [-0.39, 0.29) is 35.3 Å². The fraction of sp³-hybridized carbons (Fsp3) is 0.750. The number of imidazole rings is 1. The summed E-state index contributed by atoms with van der Waals surface area (Å²) in [5.74, 6) is -0.470. The van der Waals surface area contributed by atoms with Crippen molar-refractivity contribution in [1.29, 1.82) is 5.41 Å². The standard InChI is InChI=1S/C28H40F4N6O/c1-16-10-19(6-7-23(16)29)24(18-4-5-18)34-26(39)21-12-17(14-38-9-8-36(2)27(38)33)11-20(13-21)22-15-37(3)35-25(22)28(30,31)32/h8-9,15-21,23-24,33H,4-7,10-14H2,1-3H3,(H,34,39)/t16?,17?,19?,20?,21?,23?,24-/m0/s1. The van der Waals surface area contributed by atoms with Gasteiger partial charge in [-0.05, 0) is 81.0 Å². The van der Waals surface area contributed by atoms with Gasteiger partial charge in [0, 0.05) is 56.8 Å². The molecule has 2 N–H and O–H groups in total. The molecular formula is C28H40F4N6O. The predicted molar refractivity (Wildman–Crippen MR) is 137 cm³/mol. The van der Waals surface area contributed by atoms with Crippen molar-refractivity contribution < 1.29 is 22.4 Å². The van der Waals surface area contributed by atoms with Crippen LogP contribution in [0.2, 0.25) is 0 Å². The second kappa shape index (κ2) is 10.8. The molecule has 2 heterocycles. The van der Waals surface area contributed by atoms with Crippen molar-refractivity contribution in [3.63, 3.8) is 0 Å². The van der Waals surface area contributed by atoms with E-state index in [1.165, 1.54) is 17.9 Å². The van der Waals surface area contributed by atoms with Crippen LogP contribution in [0, 0.1) is 35.0 Å². The zero-order chi connectivity index (χ0) is 28.1. The van der Waals surface area contributed by atoms with E-state index in [9.17, 15) is 22.4 Å². The van der Waals surface area contributed by atoms with Gasteiger partial charge in [-0.15, -0.1) is 0 Å². The van der Waals surface area contributed by atoms with Gasteiger partial charge < -0.3 is 14.5 Å². The summed E-state index contributed by atoms with van der Waals surface area (Å²) in [5, 5.41) is 15.4. The highest BCUT2D eigenvalue weighted by atomic mass is 19.4. The number of nitrogens with one attached hydrogen (secondary N) is 2. The Bertz CT molecular complexity index is 1230. The van der Waals surface area contributed by atoms with Gasteiger partial charge in [-0.1, -0.05) is 6.92 Å². The van der Waals surface area contributed by atoms with E-state index < -0.39 is 29.9 Å². The summed E-state index contributed by atoms with van der Waals surface area (Å²) in [6, 6.07) is -0.00116. The molecule has 216 valence electrons. The van der Waals surface area contributed by atoms with Gasteiger partial charge in [0.05, 0.1) is 0 Å². The van der Waals surface area contributed by atoms with Crippen LogP contribution in [-0.2, 0) is 31.6 Å². The molecule has 1 amide bonds. The SMILES string of the molecule is CC1CC([C@@H](NC(=O)C2CC(Cn3ccn(C)c3=N)CC(c3cn(C)nc3C(F)(F)F)C2)C2CC2)CCC1F. The Morgan fingerprint density at radius 2 is 1.82 bits per heavy atom. The van der Waals surface area contributed by atoms with Crippen molar-refractivity contribution >= 4 is 5.91 Å². The van der Waals surface area contributed by atoms with Crippen molar-refractivity contribution in [3.05, 3.63) is 35.5 Å². The smallest absolute Gasteiger partial charge is 0.353 e. The summed E-state index contributed by atoms with van der Waals surface area (Å²) in [5.41, 5.74) is -0.427. The average molecular weight is 553 g/mol. The Hall–Kier alpha value is -2.59. The third kappa shape index (κ3) is 6.11. The lowest BCUT2D eigenvalue weighted by atomic mass is 9.71. The van der Waals surface area contributed by atoms with Gasteiger partial charge >= 0.3 is 6.18 Å². The number of aryl methyl sites for hydroxylation is 2. The van der Waals surface area contributed by atoms with Crippen LogP contribution in [0.4, 0.5) is 17.6 Å². The first-order valence-electron chi connectivity index (χ1n) is 14.2. The van der Waals surface area contributed by atoms with Crippen molar-refractivity contribution in [1.82, 2.24) is 24.2 Å². The van der Waals surface area contributed by atoms with Crippen LogP contribution in [0.15, 0.2) is 18.6 Å². The first-order chi connectivity index (χ1) is 18.4. The van der Waals surface area contributed by atoms with Gasteiger partial charge in [0.2, 0.25) is 11.5 Å². The van der Waals surface area contributed by atoms with Gasteiger partial charge in [0.25, 0.3) is 0 Å². The lowest BCUT2D eigenvalue weighted by molar-refractivity contribution is -0.142. The van der Waals surface area contributed by atoms with Gasteiger partial charge in [-0.3, -0.25) is 14.9 Å². The molecule has 7 nitrogen and oxygen atoms in total. The molecule has 5 rings (SSSR count). The number of aromatic nitrogens is 4. The molecule has 0 bridgehead atoms. The Kier molecular flexibility index (Phi) is 7.72. The lowest BCUT2D eigenvalue weighted by Crippen LogP contribution is -2.48. The molecule has 0 aliphatic heterocycles. The third-order valence-corrected chi connectivity index (χ3v) is 9.32. The van der Waals surface area contributed by atoms with E-state index in [1.54, 1.807) is 28.6 Å². The minimum Gasteiger partial charge on any atom is -0.353 e. The van der Waals surface area contributed by atoms with E-state index in [1.807, 2.05) is 6.92 Å². The van der Waals surface area contributed by atoms with E-state index in [0.717, 1.165) is 25.7 Å². The maximum absolute atomic E-state index is 14.2. The van der Waals surface area contributed by atoms with Gasteiger partial charge in [-0.2, -0.15) is 18.3 Å². The fourth-order valence-corrected chi connectivity index (χ4v) is 7.11. The number of rotatable bonds is 7. The van der Waals surface area contributed by atoms with Crippen molar-refractivity contribution in [2.24, 2.45) is 43.7 Å². The van der Waals surface area contributed by atoms with Crippen molar-refractivity contribution in [2.45, 2.75) is 89.1 Å². The van der Waals surface area contributed by atoms with Gasteiger partial charge in [0.1, 0.15) is 6.17 Å². The molecule has 3 saturated carbocycles. The van der Waals surface area contributed by atoms with Gasteiger partial charge in [0.15, 0.2) is 5.69 Å². The molecule has 2 aromatic rings. The Labute approximate surface area is 226 Å². The minimum absolute atomic E-state index is 0.00116. The normalized spacial score (nSPS) is 30.7. The monoisotopic (exact) mass is 552 g/mol. The Morgan fingerprint density at radius 1 is 1.10 bits per heavy atom. The highest BCUT2D eigenvalue weighted by Crippen LogP contribution is 2.46. The topological polar surface area (TPSA) is 80.6 Å². The van der Waals surface area contributed by atoms with Crippen molar-refractivity contribution in [3.8, 4) is 0 Å². The number of hydrogen-bond acceptors (Lipinski definition) is 3. The lowest BCUT2D eigenvalue weighted by Gasteiger charge is -2.38. The minimum atomic E-state index is -4.58. The molecule has 3 aliphatic rings. The number of alkyl halides is 4. The molecule has 7 atom stereocenters. The van der Waals surface area contributed by atoms with Crippen molar-refractivity contribution in [2.75, 3.05) is 0 Å². The maximum atomic E-state index is 14.2. The van der Waals surface area contributed by atoms with Crippen LogP contribution in [0.25, 0.3) is 0 Å². The van der Waals surface area contributed by atoms with Crippen LogP contribution in [0.1, 0.15) is 75.5 Å². The van der Waals surface area contributed by atoms with E-state index in [0.29, 0.717) is 43.8 Å². The first-order valence-corrected chi connectivity index (χ1v) is 14.2. The summed E-state index contributed by atoms with van der Waals surface area (Å²) < 4.78 is 60.5. The summed E-state index contributed by atoms with van der Waals surface area (Å²) >= 11 is 0. The molecule has 0 spiro atoms. The number of halogens is 4. The molecule has 0 aromatic carbocycles.